The Hall–Kier alpha value is -0.670. The van der Waals surface area contributed by atoms with Crippen molar-refractivity contribution in [3.63, 3.8) is 0 Å². The predicted molar refractivity (Wildman–Crippen MR) is 51.2 cm³/mol. The van der Waals surface area contributed by atoms with Crippen LogP contribution in [0, 0.1) is 5.82 Å². The van der Waals surface area contributed by atoms with Gasteiger partial charge in [0.2, 0.25) is 0 Å². The highest BCUT2D eigenvalue weighted by atomic mass is 35.5. The van der Waals surface area contributed by atoms with Gasteiger partial charge < -0.3 is 5.73 Å². The average Bonchev–Trinajstić information content (AvgIpc) is 2.09. The van der Waals surface area contributed by atoms with Gasteiger partial charge in [-0.15, -0.1) is 0 Å². The van der Waals surface area contributed by atoms with E-state index in [0.717, 1.165) is 6.42 Å². The fraction of sp³-hybridized carbons (Fsp3) is 0.444. The van der Waals surface area contributed by atoms with Crippen LogP contribution >= 0.6 is 11.6 Å². The number of halogens is 2. The number of pyridine rings is 1. The molecule has 0 aliphatic heterocycles. The van der Waals surface area contributed by atoms with Crippen molar-refractivity contribution in [3.8, 4) is 0 Å². The molecule has 1 heterocycles. The fourth-order valence-corrected chi connectivity index (χ4v) is 1.13. The lowest BCUT2D eigenvalue weighted by Gasteiger charge is -2.08. The Morgan fingerprint density at radius 1 is 1.69 bits per heavy atom. The van der Waals surface area contributed by atoms with E-state index in [1.807, 2.05) is 6.92 Å². The molecule has 2 nitrogen and oxygen atoms in total. The third-order valence-electron chi connectivity index (χ3n) is 1.86. The van der Waals surface area contributed by atoms with Gasteiger partial charge in [-0.2, -0.15) is 0 Å². The van der Waals surface area contributed by atoms with Gasteiger partial charge in [0.05, 0.1) is 10.7 Å². The molecule has 0 aliphatic rings. The molecule has 1 unspecified atom stereocenters. The minimum atomic E-state index is -0.378. The Balaban J connectivity index is 2.77. The fourth-order valence-electron chi connectivity index (χ4n) is 0.986. The van der Waals surface area contributed by atoms with Crippen molar-refractivity contribution in [3.05, 3.63) is 28.8 Å². The van der Waals surface area contributed by atoms with E-state index in [1.165, 1.54) is 12.3 Å². The molecule has 0 radical (unpaired) electrons. The van der Waals surface area contributed by atoms with Crippen LogP contribution in [0.25, 0.3) is 0 Å². The van der Waals surface area contributed by atoms with Gasteiger partial charge >= 0.3 is 0 Å². The van der Waals surface area contributed by atoms with Gasteiger partial charge in [0, 0.05) is 18.7 Å². The highest BCUT2D eigenvalue weighted by molar-refractivity contribution is 6.30. The van der Waals surface area contributed by atoms with E-state index in [4.69, 9.17) is 17.3 Å². The van der Waals surface area contributed by atoms with Gasteiger partial charge in [0.25, 0.3) is 0 Å². The molecule has 0 amide bonds. The van der Waals surface area contributed by atoms with Gasteiger partial charge in [-0.05, 0) is 12.5 Å². The van der Waals surface area contributed by atoms with Gasteiger partial charge in [0.1, 0.15) is 5.82 Å². The minimum Gasteiger partial charge on any atom is -0.327 e. The lowest BCUT2D eigenvalue weighted by Crippen LogP contribution is -2.22. The van der Waals surface area contributed by atoms with E-state index < -0.39 is 0 Å². The Morgan fingerprint density at radius 3 is 2.92 bits per heavy atom. The normalized spacial score (nSPS) is 12.9. The number of aromatic nitrogens is 1. The molecular weight excluding hydrogens is 191 g/mol. The molecule has 13 heavy (non-hydrogen) atoms. The average molecular weight is 203 g/mol. The van der Waals surface area contributed by atoms with Crippen LogP contribution in [-0.4, -0.2) is 11.0 Å². The van der Waals surface area contributed by atoms with Crippen LogP contribution in [0.2, 0.25) is 5.02 Å². The summed E-state index contributed by atoms with van der Waals surface area (Å²) >= 11 is 5.55. The van der Waals surface area contributed by atoms with E-state index in [-0.39, 0.29) is 11.9 Å². The molecule has 1 atom stereocenters. The zero-order chi connectivity index (χ0) is 9.84. The molecule has 0 fully saturated rings. The molecule has 0 aliphatic carbocycles. The highest BCUT2D eigenvalue weighted by Crippen LogP contribution is 2.13. The molecule has 0 bridgehead atoms. The second-order valence-corrected chi connectivity index (χ2v) is 3.39. The van der Waals surface area contributed by atoms with Gasteiger partial charge in [-0.1, -0.05) is 18.5 Å². The standard InChI is InChI=1S/C9H12ClFN2/c1-2-7(12)4-9-8(11)3-6(10)5-13-9/h3,5,7H,2,4,12H2,1H3. The van der Waals surface area contributed by atoms with Crippen molar-refractivity contribution in [1.82, 2.24) is 4.98 Å². The Kier molecular flexibility index (Phi) is 3.63. The van der Waals surface area contributed by atoms with Crippen LogP contribution < -0.4 is 5.73 Å². The minimum absolute atomic E-state index is 0.0387. The molecule has 1 aromatic heterocycles. The zero-order valence-electron chi connectivity index (χ0n) is 7.43. The summed E-state index contributed by atoms with van der Waals surface area (Å²) in [5, 5.41) is 0.311. The molecule has 0 aromatic carbocycles. The highest BCUT2D eigenvalue weighted by Gasteiger charge is 2.08. The van der Waals surface area contributed by atoms with E-state index in [1.54, 1.807) is 0 Å². The van der Waals surface area contributed by atoms with Crippen LogP contribution in [0.15, 0.2) is 12.3 Å². The van der Waals surface area contributed by atoms with E-state index in [2.05, 4.69) is 4.98 Å². The lowest BCUT2D eigenvalue weighted by atomic mass is 10.1. The third-order valence-corrected chi connectivity index (χ3v) is 2.07. The molecule has 0 saturated carbocycles. The second kappa shape index (κ2) is 4.53. The van der Waals surface area contributed by atoms with Gasteiger partial charge in [0.15, 0.2) is 0 Å². The Labute approximate surface area is 81.9 Å². The van der Waals surface area contributed by atoms with E-state index in [0.29, 0.717) is 17.1 Å². The summed E-state index contributed by atoms with van der Waals surface area (Å²) in [6.45, 7) is 1.96. The van der Waals surface area contributed by atoms with Crippen molar-refractivity contribution < 1.29 is 4.39 Å². The summed E-state index contributed by atoms with van der Waals surface area (Å²) in [6, 6.07) is 1.22. The SMILES string of the molecule is CCC(N)Cc1ncc(Cl)cc1F. The number of nitrogens with two attached hydrogens (primary N) is 1. The maximum atomic E-state index is 13.1. The summed E-state index contributed by atoms with van der Waals surface area (Å²) in [4.78, 5) is 3.88. The van der Waals surface area contributed by atoms with Crippen LogP contribution in [-0.2, 0) is 6.42 Å². The van der Waals surface area contributed by atoms with Gasteiger partial charge in [-0.3, -0.25) is 4.98 Å². The predicted octanol–water partition coefficient (Wildman–Crippen LogP) is 2.15. The molecule has 0 saturated heterocycles. The number of hydrogen-bond acceptors (Lipinski definition) is 2. The van der Waals surface area contributed by atoms with E-state index >= 15 is 0 Å². The van der Waals surface area contributed by atoms with Crippen LogP contribution in [0.1, 0.15) is 19.0 Å². The molecule has 72 valence electrons. The number of hydrogen-bond donors (Lipinski definition) is 1. The molecule has 1 aromatic rings. The molecule has 4 heteroatoms. The second-order valence-electron chi connectivity index (χ2n) is 2.95. The first kappa shape index (κ1) is 10.4. The summed E-state index contributed by atoms with van der Waals surface area (Å²) < 4.78 is 13.1. The van der Waals surface area contributed by atoms with Crippen LogP contribution in [0.4, 0.5) is 4.39 Å². The zero-order valence-corrected chi connectivity index (χ0v) is 8.18. The van der Waals surface area contributed by atoms with Crippen LogP contribution in [0.3, 0.4) is 0 Å². The topological polar surface area (TPSA) is 38.9 Å². The van der Waals surface area contributed by atoms with Crippen molar-refractivity contribution in [1.29, 1.82) is 0 Å². The summed E-state index contributed by atoms with van der Waals surface area (Å²) in [7, 11) is 0. The third kappa shape index (κ3) is 2.94. The summed E-state index contributed by atoms with van der Waals surface area (Å²) in [6.07, 6.45) is 2.70. The van der Waals surface area contributed by atoms with Crippen molar-refractivity contribution in [2.75, 3.05) is 0 Å². The first-order chi connectivity index (χ1) is 6.13. The quantitative estimate of drug-likeness (QED) is 0.816. The summed E-state index contributed by atoms with van der Waals surface area (Å²) in [5.74, 6) is -0.378. The smallest absolute Gasteiger partial charge is 0.146 e. The molecular formula is C9H12ClFN2. The molecule has 0 spiro atoms. The maximum absolute atomic E-state index is 13.1. The molecule has 1 rings (SSSR count). The first-order valence-electron chi connectivity index (χ1n) is 4.19. The largest absolute Gasteiger partial charge is 0.327 e. The maximum Gasteiger partial charge on any atom is 0.146 e. The Morgan fingerprint density at radius 2 is 2.38 bits per heavy atom. The number of rotatable bonds is 3. The van der Waals surface area contributed by atoms with Crippen molar-refractivity contribution in [2.24, 2.45) is 5.73 Å². The van der Waals surface area contributed by atoms with Crippen molar-refractivity contribution >= 4 is 11.6 Å². The van der Waals surface area contributed by atoms with Gasteiger partial charge in [-0.25, -0.2) is 4.39 Å². The summed E-state index contributed by atoms with van der Waals surface area (Å²) in [5.41, 5.74) is 6.06. The lowest BCUT2D eigenvalue weighted by molar-refractivity contribution is 0.565. The monoisotopic (exact) mass is 202 g/mol. The van der Waals surface area contributed by atoms with E-state index in [9.17, 15) is 4.39 Å². The Bertz CT molecular complexity index is 291. The first-order valence-corrected chi connectivity index (χ1v) is 4.56. The van der Waals surface area contributed by atoms with Crippen molar-refractivity contribution in [2.45, 2.75) is 25.8 Å². The number of nitrogens with zero attached hydrogens (tertiary/aromatic N) is 1. The van der Waals surface area contributed by atoms with Crippen LogP contribution in [0.5, 0.6) is 0 Å². The molecule has 2 N–H and O–H groups in total.